The molecule has 1 nitrogen and oxygen atoms in total. The average Bonchev–Trinajstić information content (AvgIpc) is 2.10. The van der Waals surface area contributed by atoms with Crippen LogP contribution in [0, 0.1) is 0 Å². The molecule has 0 aromatic carbocycles. The Bertz CT molecular complexity index is 66.5. The van der Waals surface area contributed by atoms with E-state index in [1.807, 2.05) is 0 Å². The monoisotopic (exact) mass is 299 g/mol. The van der Waals surface area contributed by atoms with Crippen LogP contribution in [0.1, 0.15) is 58.8 Å². The van der Waals surface area contributed by atoms with Crippen LogP contribution in [0.2, 0.25) is 0 Å². The molecule has 0 aliphatic carbocycles. The van der Waals surface area contributed by atoms with E-state index in [0.29, 0.717) is 0 Å². The van der Waals surface area contributed by atoms with Crippen molar-refractivity contribution in [3.8, 4) is 0 Å². The van der Waals surface area contributed by atoms with Gasteiger partial charge in [0, 0.05) is 0 Å². The number of unbranched alkanes of at least 4 members (excludes halogenated alkanes) is 5. The van der Waals surface area contributed by atoms with E-state index >= 15 is 0 Å². The van der Waals surface area contributed by atoms with E-state index in [0.717, 1.165) is 0 Å². The lowest BCUT2D eigenvalue weighted by molar-refractivity contribution is -0.655. The maximum Gasteiger partial charge on any atom is 0.0755 e. The molecule has 0 radical (unpaired) electrons. The van der Waals surface area contributed by atoms with Gasteiger partial charge in [-0.25, -0.2) is 0 Å². The molecule has 0 aliphatic rings. The van der Waals surface area contributed by atoms with Gasteiger partial charge < -0.3 is 29.3 Å². The summed E-state index contributed by atoms with van der Waals surface area (Å²) < 4.78 is 0. The minimum Gasteiger partial charge on any atom is -1.00 e. The average molecular weight is 299 g/mol. The normalized spacial score (nSPS) is 9.69. The fraction of sp³-hybridized carbons (Fsp3) is 1.00. The third-order valence-electron chi connectivity index (χ3n) is 2.27. The Morgan fingerprint density at radius 3 is 1.85 bits per heavy atom. The lowest BCUT2D eigenvalue weighted by atomic mass is 10.1. The molecule has 0 amide bonds. The molecule has 0 heterocycles. The van der Waals surface area contributed by atoms with Crippen molar-refractivity contribution in [3.63, 3.8) is 0 Å². The standard InChI is InChI=1S/C11H25N.HI/c1-3-5-7-8-9-11-12-10-6-4-2;/h12H,3-11H2,1-2H3;1H. The molecule has 0 aliphatic heterocycles. The first-order chi connectivity index (χ1) is 5.91. The molecule has 0 unspecified atom stereocenters. The molecule has 0 aromatic rings. The maximum atomic E-state index is 2.47. The Kier molecular flexibility index (Phi) is 18.8. The number of rotatable bonds is 9. The van der Waals surface area contributed by atoms with E-state index in [9.17, 15) is 0 Å². The van der Waals surface area contributed by atoms with Gasteiger partial charge in [0.1, 0.15) is 0 Å². The van der Waals surface area contributed by atoms with Crippen LogP contribution < -0.4 is 29.3 Å². The van der Waals surface area contributed by atoms with E-state index in [2.05, 4.69) is 19.2 Å². The number of nitrogens with two attached hydrogens (primary N) is 1. The quantitative estimate of drug-likeness (QED) is 0.429. The predicted octanol–water partition coefficient (Wildman–Crippen LogP) is -0.676. The zero-order valence-electron chi connectivity index (χ0n) is 9.32. The van der Waals surface area contributed by atoms with Crippen LogP contribution in [-0.2, 0) is 0 Å². The van der Waals surface area contributed by atoms with E-state index in [1.54, 1.807) is 0 Å². The van der Waals surface area contributed by atoms with Gasteiger partial charge in [-0.05, 0) is 19.3 Å². The van der Waals surface area contributed by atoms with Crippen molar-refractivity contribution in [1.82, 2.24) is 0 Å². The molecule has 82 valence electrons. The summed E-state index contributed by atoms with van der Waals surface area (Å²) in [5.74, 6) is 0. The molecule has 0 aromatic heterocycles. The first-order valence-corrected chi connectivity index (χ1v) is 5.73. The number of quaternary nitrogens is 1. The highest BCUT2D eigenvalue weighted by atomic mass is 127. The van der Waals surface area contributed by atoms with Crippen LogP contribution in [-0.4, -0.2) is 13.1 Å². The second-order valence-corrected chi connectivity index (χ2v) is 3.63. The largest absolute Gasteiger partial charge is 1.00 e. The summed E-state index contributed by atoms with van der Waals surface area (Å²) in [5.41, 5.74) is 0. The second kappa shape index (κ2) is 15.2. The van der Waals surface area contributed by atoms with Gasteiger partial charge in [-0.15, -0.1) is 0 Å². The fourth-order valence-corrected chi connectivity index (χ4v) is 1.39. The van der Waals surface area contributed by atoms with Crippen molar-refractivity contribution in [2.45, 2.75) is 58.8 Å². The van der Waals surface area contributed by atoms with Crippen LogP contribution in [0.5, 0.6) is 0 Å². The van der Waals surface area contributed by atoms with Gasteiger partial charge in [-0.3, -0.25) is 0 Å². The number of hydrogen-bond acceptors (Lipinski definition) is 0. The smallest absolute Gasteiger partial charge is 0.0755 e. The van der Waals surface area contributed by atoms with Gasteiger partial charge in [0.2, 0.25) is 0 Å². The zero-order valence-corrected chi connectivity index (χ0v) is 11.5. The van der Waals surface area contributed by atoms with E-state index in [4.69, 9.17) is 0 Å². The summed E-state index contributed by atoms with van der Waals surface area (Å²) in [6.45, 7) is 7.22. The molecule has 0 saturated carbocycles. The third-order valence-corrected chi connectivity index (χ3v) is 2.27. The zero-order chi connectivity index (χ0) is 9.07. The van der Waals surface area contributed by atoms with Crippen molar-refractivity contribution >= 4 is 0 Å². The highest BCUT2D eigenvalue weighted by Gasteiger charge is 1.91. The molecule has 2 heteroatoms. The Balaban J connectivity index is 0. The van der Waals surface area contributed by atoms with E-state index in [1.165, 1.54) is 58.0 Å². The molecule has 0 spiro atoms. The van der Waals surface area contributed by atoms with Gasteiger partial charge in [-0.2, -0.15) is 0 Å². The fourth-order valence-electron chi connectivity index (χ4n) is 1.39. The second-order valence-electron chi connectivity index (χ2n) is 3.63. The molecule has 0 saturated heterocycles. The molecular formula is C11H26IN. The lowest BCUT2D eigenvalue weighted by Crippen LogP contribution is -3.00. The molecule has 0 bridgehead atoms. The molecule has 0 atom stereocenters. The van der Waals surface area contributed by atoms with Crippen LogP contribution in [0.4, 0.5) is 0 Å². The molecule has 0 fully saturated rings. The Morgan fingerprint density at radius 2 is 1.23 bits per heavy atom. The third kappa shape index (κ3) is 15.4. The molecular weight excluding hydrogens is 273 g/mol. The highest BCUT2D eigenvalue weighted by molar-refractivity contribution is 4.39. The van der Waals surface area contributed by atoms with Gasteiger partial charge in [0.05, 0.1) is 13.1 Å². The summed E-state index contributed by atoms with van der Waals surface area (Å²) in [5, 5.41) is 2.47. The SMILES string of the molecule is CCCCCCC[NH2+]CCCC.[I-]. The molecule has 0 rings (SSSR count). The van der Waals surface area contributed by atoms with Crippen molar-refractivity contribution in [3.05, 3.63) is 0 Å². The first kappa shape index (κ1) is 16.1. The van der Waals surface area contributed by atoms with Gasteiger partial charge in [-0.1, -0.05) is 39.5 Å². The van der Waals surface area contributed by atoms with Crippen LogP contribution in [0.25, 0.3) is 0 Å². The van der Waals surface area contributed by atoms with Crippen LogP contribution in [0.3, 0.4) is 0 Å². The minimum absolute atomic E-state index is 0. The Morgan fingerprint density at radius 1 is 0.692 bits per heavy atom. The lowest BCUT2D eigenvalue weighted by Gasteiger charge is -2.00. The van der Waals surface area contributed by atoms with Crippen molar-refractivity contribution in [1.29, 1.82) is 0 Å². The maximum absolute atomic E-state index is 2.47. The van der Waals surface area contributed by atoms with Crippen LogP contribution >= 0.6 is 0 Å². The summed E-state index contributed by atoms with van der Waals surface area (Å²) in [7, 11) is 0. The summed E-state index contributed by atoms with van der Waals surface area (Å²) in [6.07, 6.45) is 9.81. The summed E-state index contributed by atoms with van der Waals surface area (Å²) in [6, 6.07) is 0. The topological polar surface area (TPSA) is 16.6 Å². The molecule has 2 N–H and O–H groups in total. The Hall–Kier alpha value is 0.690. The van der Waals surface area contributed by atoms with Crippen molar-refractivity contribution in [2.75, 3.05) is 13.1 Å². The van der Waals surface area contributed by atoms with Crippen LogP contribution in [0.15, 0.2) is 0 Å². The Labute approximate surface area is 101 Å². The predicted molar refractivity (Wildman–Crippen MR) is 55.3 cm³/mol. The van der Waals surface area contributed by atoms with E-state index in [-0.39, 0.29) is 24.0 Å². The highest BCUT2D eigenvalue weighted by Crippen LogP contribution is 2.00. The summed E-state index contributed by atoms with van der Waals surface area (Å²) >= 11 is 0. The number of halogens is 1. The first-order valence-electron chi connectivity index (χ1n) is 5.73. The van der Waals surface area contributed by atoms with Crippen molar-refractivity contribution < 1.29 is 29.3 Å². The van der Waals surface area contributed by atoms with Gasteiger partial charge in [0.25, 0.3) is 0 Å². The van der Waals surface area contributed by atoms with Gasteiger partial charge >= 0.3 is 0 Å². The van der Waals surface area contributed by atoms with Gasteiger partial charge in [0.15, 0.2) is 0 Å². The number of hydrogen-bond donors (Lipinski definition) is 1. The van der Waals surface area contributed by atoms with E-state index < -0.39 is 0 Å². The van der Waals surface area contributed by atoms with Crippen molar-refractivity contribution in [2.24, 2.45) is 0 Å². The summed E-state index contributed by atoms with van der Waals surface area (Å²) in [4.78, 5) is 0. The minimum atomic E-state index is 0. The molecule has 13 heavy (non-hydrogen) atoms.